The predicted octanol–water partition coefficient (Wildman–Crippen LogP) is 2.01. The summed E-state index contributed by atoms with van der Waals surface area (Å²) >= 11 is 0. The lowest BCUT2D eigenvalue weighted by atomic mass is 10.2. The monoisotopic (exact) mass is 379 g/mol. The van der Waals surface area contributed by atoms with Crippen molar-refractivity contribution in [3.63, 3.8) is 0 Å². The molecule has 0 aliphatic carbocycles. The van der Waals surface area contributed by atoms with Crippen LogP contribution in [0.1, 0.15) is 36.1 Å². The second-order valence-electron chi connectivity index (χ2n) is 6.89. The minimum Gasteiger partial charge on any atom is -0.353 e. The van der Waals surface area contributed by atoms with Crippen LogP contribution in [0.4, 0.5) is 5.82 Å². The molecule has 4 heterocycles. The number of nitrogens with zero attached hydrogens (tertiary/aromatic N) is 7. The lowest BCUT2D eigenvalue weighted by molar-refractivity contribution is 0.0740. The van der Waals surface area contributed by atoms with Crippen molar-refractivity contribution in [1.29, 1.82) is 0 Å². The minimum atomic E-state index is -0.0888. The molecule has 1 aliphatic rings. The summed E-state index contributed by atoms with van der Waals surface area (Å²) in [7, 11) is 0. The number of anilines is 1. The molecule has 0 aromatic carbocycles. The molecule has 3 aromatic rings. The van der Waals surface area contributed by atoms with Gasteiger partial charge in [-0.1, -0.05) is 19.0 Å². The molecule has 0 N–H and O–H groups in total. The molecule has 1 fully saturated rings. The maximum atomic E-state index is 12.5. The Kier molecular flexibility index (Phi) is 4.96. The van der Waals surface area contributed by atoms with E-state index in [0.717, 1.165) is 11.4 Å². The quantitative estimate of drug-likeness (QED) is 0.678. The van der Waals surface area contributed by atoms with E-state index >= 15 is 0 Å². The van der Waals surface area contributed by atoms with Crippen LogP contribution in [0.15, 0.2) is 41.4 Å². The zero-order chi connectivity index (χ0) is 19.5. The number of amides is 1. The largest absolute Gasteiger partial charge is 0.353 e. The van der Waals surface area contributed by atoms with Gasteiger partial charge < -0.3 is 14.3 Å². The Morgan fingerprint density at radius 1 is 1.07 bits per heavy atom. The third-order valence-electron chi connectivity index (χ3n) is 4.61. The predicted molar refractivity (Wildman–Crippen MR) is 102 cm³/mol. The zero-order valence-corrected chi connectivity index (χ0v) is 15.8. The average Bonchev–Trinajstić information content (AvgIpc) is 3.25. The Bertz CT molecular complexity index is 932. The molecule has 1 aliphatic heterocycles. The highest BCUT2D eigenvalue weighted by molar-refractivity contribution is 5.92. The van der Waals surface area contributed by atoms with E-state index < -0.39 is 0 Å². The van der Waals surface area contributed by atoms with E-state index in [0.29, 0.717) is 43.6 Å². The minimum absolute atomic E-state index is 0.0888. The first-order chi connectivity index (χ1) is 13.6. The molecule has 9 heteroatoms. The van der Waals surface area contributed by atoms with Gasteiger partial charge in [-0.25, -0.2) is 9.97 Å². The van der Waals surface area contributed by atoms with E-state index in [1.807, 2.05) is 26.0 Å². The third kappa shape index (κ3) is 3.68. The van der Waals surface area contributed by atoms with Crippen LogP contribution in [0.2, 0.25) is 0 Å². The van der Waals surface area contributed by atoms with Crippen LogP contribution in [0.5, 0.6) is 0 Å². The standard InChI is InChI=1S/C19H21N7O2/c1-13(2)18-23-17(24-28-18)14-3-4-16(22-11-14)25-7-9-26(10-8-25)19(27)15-12-20-5-6-21-15/h3-6,11-13H,7-10H2,1-2H3. The lowest BCUT2D eigenvalue weighted by Gasteiger charge is -2.35. The molecule has 9 nitrogen and oxygen atoms in total. The Morgan fingerprint density at radius 2 is 1.89 bits per heavy atom. The SMILES string of the molecule is CC(C)c1nc(-c2ccc(N3CCN(C(=O)c4cnccn4)CC3)nc2)no1. The summed E-state index contributed by atoms with van der Waals surface area (Å²) in [5, 5.41) is 4.01. The molecular weight excluding hydrogens is 358 g/mol. The van der Waals surface area contributed by atoms with Gasteiger partial charge in [0.1, 0.15) is 11.5 Å². The summed E-state index contributed by atoms with van der Waals surface area (Å²) in [6, 6.07) is 3.88. The van der Waals surface area contributed by atoms with Crippen LogP contribution in [0.3, 0.4) is 0 Å². The highest BCUT2D eigenvalue weighted by atomic mass is 16.5. The van der Waals surface area contributed by atoms with E-state index in [-0.39, 0.29) is 11.8 Å². The summed E-state index contributed by atoms with van der Waals surface area (Å²) < 4.78 is 5.25. The van der Waals surface area contributed by atoms with Crippen molar-refractivity contribution in [3.8, 4) is 11.4 Å². The Hall–Kier alpha value is -3.36. The van der Waals surface area contributed by atoms with Crippen LogP contribution in [0.25, 0.3) is 11.4 Å². The first-order valence-corrected chi connectivity index (χ1v) is 9.22. The van der Waals surface area contributed by atoms with Crippen LogP contribution >= 0.6 is 0 Å². The number of piperazine rings is 1. The van der Waals surface area contributed by atoms with Gasteiger partial charge in [0.05, 0.1) is 6.20 Å². The molecule has 1 amide bonds. The van der Waals surface area contributed by atoms with E-state index in [2.05, 4.69) is 30.0 Å². The number of carbonyl (C=O) groups is 1. The normalized spacial score (nSPS) is 14.5. The maximum absolute atomic E-state index is 12.5. The van der Waals surface area contributed by atoms with Gasteiger partial charge in [-0.05, 0) is 12.1 Å². The van der Waals surface area contributed by atoms with Crippen molar-refractivity contribution in [1.82, 2.24) is 30.0 Å². The average molecular weight is 379 g/mol. The van der Waals surface area contributed by atoms with Gasteiger partial charge in [0, 0.05) is 56.3 Å². The number of rotatable bonds is 4. The molecule has 28 heavy (non-hydrogen) atoms. The van der Waals surface area contributed by atoms with Gasteiger partial charge in [-0.2, -0.15) is 4.98 Å². The smallest absolute Gasteiger partial charge is 0.274 e. The van der Waals surface area contributed by atoms with Crippen molar-refractivity contribution in [3.05, 3.63) is 48.5 Å². The fraction of sp³-hybridized carbons (Fsp3) is 0.368. The van der Waals surface area contributed by atoms with Crippen LogP contribution in [-0.2, 0) is 0 Å². The molecule has 0 atom stereocenters. The summed E-state index contributed by atoms with van der Waals surface area (Å²) in [6.07, 6.45) is 6.34. The highest BCUT2D eigenvalue weighted by Crippen LogP contribution is 2.21. The number of pyridine rings is 1. The summed E-state index contributed by atoms with van der Waals surface area (Å²) in [5.74, 6) is 2.12. The van der Waals surface area contributed by atoms with Gasteiger partial charge >= 0.3 is 0 Å². The van der Waals surface area contributed by atoms with E-state index in [9.17, 15) is 4.79 Å². The first kappa shape index (κ1) is 18.0. The number of hydrogen-bond acceptors (Lipinski definition) is 8. The summed E-state index contributed by atoms with van der Waals surface area (Å²) in [4.78, 5) is 33.4. The Balaban J connectivity index is 1.39. The van der Waals surface area contributed by atoms with E-state index in [4.69, 9.17) is 4.52 Å². The molecule has 1 saturated heterocycles. The van der Waals surface area contributed by atoms with Crippen LogP contribution < -0.4 is 4.90 Å². The van der Waals surface area contributed by atoms with Crippen molar-refractivity contribution in [2.75, 3.05) is 31.1 Å². The Labute approximate surface area is 162 Å². The lowest BCUT2D eigenvalue weighted by Crippen LogP contribution is -2.49. The first-order valence-electron chi connectivity index (χ1n) is 9.22. The second kappa shape index (κ2) is 7.71. The molecular formula is C19H21N7O2. The van der Waals surface area contributed by atoms with Gasteiger partial charge in [0.15, 0.2) is 0 Å². The molecule has 144 valence electrons. The van der Waals surface area contributed by atoms with Crippen LogP contribution in [-0.4, -0.2) is 62.1 Å². The van der Waals surface area contributed by atoms with E-state index in [1.165, 1.54) is 12.4 Å². The fourth-order valence-corrected chi connectivity index (χ4v) is 3.00. The topological polar surface area (TPSA) is 101 Å². The highest BCUT2D eigenvalue weighted by Gasteiger charge is 2.23. The van der Waals surface area contributed by atoms with Crippen molar-refractivity contribution in [2.45, 2.75) is 19.8 Å². The van der Waals surface area contributed by atoms with Crippen molar-refractivity contribution in [2.24, 2.45) is 0 Å². The number of hydrogen-bond donors (Lipinski definition) is 0. The molecule has 3 aromatic heterocycles. The summed E-state index contributed by atoms with van der Waals surface area (Å²) in [5.41, 5.74) is 1.19. The van der Waals surface area contributed by atoms with E-state index in [1.54, 1.807) is 17.3 Å². The van der Waals surface area contributed by atoms with Gasteiger partial charge in [0.2, 0.25) is 11.7 Å². The molecule has 4 rings (SSSR count). The number of aromatic nitrogens is 5. The van der Waals surface area contributed by atoms with Gasteiger partial charge in [0.25, 0.3) is 5.91 Å². The summed E-state index contributed by atoms with van der Waals surface area (Å²) in [6.45, 7) is 6.65. The van der Waals surface area contributed by atoms with Crippen molar-refractivity contribution >= 4 is 11.7 Å². The molecule has 0 saturated carbocycles. The fourth-order valence-electron chi connectivity index (χ4n) is 3.00. The Morgan fingerprint density at radius 3 is 2.50 bits per heavy atom. The van der Waals surface area contributed by atoms with Crippen molar-refractivity contribution < 1.29 is 9.32 Å². The molecule has 0 radical (unpaired) electrons. The molecule has 0 spiro atoms. The number of carbonyl (C=O) groups excluding carboxylic acids is 1. The van der Waals surface area contributed by atoms with Gasteiger partial charge in [-0.3, -0.25) is 9.78 Å². The second-order valence-corrected chi connectivity index (χ2v) is 6.89. The molecule has 0 unspecified atom stereocenters. The third-order valence-corrected chi connectivity index (χ3v) is 4.61. The maximum Gasteiger partial charge on any atom is 0.274 e. The van der Waals surface area contributed by atoms with Gasteiger partial charge in [-0.15, -0.1) is 0 Å². The van der Waals surface area contributed by atoms with Crippen LogP contribution in [0, 0.1) is 0 Å². The molecule has 0 bridgehead atoms. The zero-order valence-electron chi connectivity index (χ0n) is 15.8.